The molecule has 4 heterocycles. The van der Waals surface area contributed by atoms with Crippen molar-refractivity contribution in [1.82, 2.24) is 44.7 Å². The normalized spacial score (nSPS) is 11.8. The molecule has 0 fully saturated rings. The first-order valence-corrected chi connectivity index (χ1v) is 11.1. The Morgan fingerprint density at radius 3 is 2.56 bits per heavy atom. The molecule has 5 aromatic rings. The summed E-state index contributed by atoms with van der Waals surface area (Å²) >= 11 is 0. The Bertz CT molecular complexity index is 1590. The molecule has 10 nitrogen and oxygen atoms in total. The standard InChI is InChI=1S/C24H23F2N9O/c1-24(2,3)35-13-18(31-32-35)23(36)27-9-14-5-6-16(21(26)20(14)25)22-19-7-8-28-34(19)12-17(30-22)15-10-29-33(4)11-15/h5-8,10-13H,9H2,1-4H3,(H,27,36). The fourth-order valence-corrected chi connectivity index (χ4v) is 3.69. The third kappa shape index (κ3) is 4.21. The van der Waals surface area contributed by atoms with Crippen LogP contribution in [0, 0.1) is 11.6 Å². The van der Waals surface area contributed by atoms with E-state index in [0.29, 0.717) is 16.8 Å². The van der Waals surface area contributed by atoms with Crippen LogP contribution in [0.2, 0.25) is 0 Å². The summed E-state index contributed by atoms with van der Waals surface area (Å²) < 4.78 is 35.1. The van der Waals surface area contributed by atoms with Gasteiger partial charge in [0.05, 0.1) is 47.2 Å². The Morgan fingerprint density at radius 2 is 1.86 bits per heavy atom. The molecule has 1 amide bonds. The average Bonchev–Trinajstić information content (AvgIpc) is 3.59. The van der Waals surface area contributed by atoms with Crippen molar-refractivity contribution in [3.63, 3.8) is 0 Å². The number of hydrogen-bond donors (Lipinski definition) is 1. The predicted octanol–water partition coefficient (Wildman–Crippen LogP) is 3.35. The SMILES string of the molecule is Cn1cc(-c2cn3nccc3c(-c3ccc(CNC(=O)c4cn(C(C)(C)C)nn4)c(F)c3F)n2)cn1. The van der Waals surface area contributed by atoms with Crippen LogP contribution in [0.3, 0.4) is 0 Å². The first-order chi connectivity index (χ1) is 17.1. The Labute approximate surface area is 204 Å². The van der Waals surface area contributed by atoms with Crippen LogP contribution in [-0.2, 0) is 19.1 Å². The van der Waals surface area contributed by atoms with Gasteiger partial charge in [0.1, 0.15) is 0 Å². The van der Waals surface area contributed by atoms with E-state index in [4.69, 9.17) is 0 Å². The molecule has 4 aromatic heterocycles. The van der Waals surface area contributed by atoms with Crippen molar-refractivity contribution in [2.24, 2.45) is 7.05 Å². The van der Waals surface area contributed by atoms with Gasteiger partial charge in [-0.15, -0.1) is 5.10 Å². The van der Waals surface area contributed by atoms with E-state index >= 15 is 8.78 Å². The lowest BCUT2D eigenvalue weighted by Gasteiger charge is -2.17. The molecule has 184 valence electrons. The highest BCUT2D eigenvalue weighted by atomic mass is 19.2. The van der Waals surface area contributed by atoms with Gasteiger partial charge in [-0.3, -0.25) is 9.48 Å². The molecular weight excluding hydrogens is 468 g/mol. The van der Waals surface area contributed by atoms with Gasteiger partial charge in [-0.05, 0) is 32.9 Å². The Morgan fingerprint density at radius 1 is 1.06 bits per heavy atom. The molecule has 0 aliphatic heterocycles. The number of aromatic nitrogens is 8. The van der Waals surface area contributed by atoms with Crippen LogP contribution in [0.4, 0.5) is 8.78 Å². The molecule has 1 N–H and O–H groups in total. The van der Waals surface area contributed by atoms with Crippen LogP contribution in [0.5, 0.6) is 0 Å². The van der Waals surface area contributed by atoms with E-state index in [1.807, 2.05) is 20.8 Å². The second-order valence-electron chi connectivity index (χ2n) is 9.34. The summed E-state index contributed by atoms with van der Waals surface area (Å²) in [4.78, 5) is 17.1. The molecule has 5 rings (SSSR count). The Hall–Kier alpha value is -4.48. The van der Waals surface area contributed by atoms with E-state index < -0.39 is 17.5 Å². The molecule has 0 radical (unpaired) electrons. The van der Waals surface area contributed by atoms with Crippen LogP contribution in [0.25, 0.3) is 28.0 Å². The van der Waals surface area contributed by atoms with Gasteiger partial charge in [-0.2, -0.15) is 10.2 Å². The molecule has 0 spiro atoms. The number of halogens is 2. The number of nitrogens with one attached hydrogen (secondary N) is 1. The number of benzene rings is 1. The number of rotatable bonds is 5. The zero-order valence-electron chi connectivity index (χ0n) is 20.1. The van der Waals surface area contributed by atoms with Crippen LogP contribution in [-0.4, -0.2) is 45.3 Å². The smallest absolute Gasteiger partial charge is 0.273 e. The summed E-state index contributed by atoms with van der Waals surface area (Å²) in [7, 11) is 1.77. The second kappa shape index (κ2) is 8.63. The van der Waals surface area contributed by atoms with Gasteiger partial charge in [-0.25, -0.2) is 23.0 Å². The second-order valence-corrected chi connectivity index (χ2v) is 9.34. The lowest BCUT2D eigenvalue weighted by molar-refractivity contribution is 0.0945. The Kier molecular flexibility index (Phi) is 5.58. The number of carbonyl (C=O) groups is 1. The van der Waals surface area contributed by atoms with E-state index in [0.717, 1.165) is 0 Å². The fourth-order valence-electron chi connectivity index (χ4n) is 3.69. The topological polar surface area (TPSA) is 108 Å². The van der Waals surface area contributed by atoms with Crippen LogP contribution >= 0.6 is 0 Å². The first kappa shape index (κ1) is 23.3. The first-order valence-electron chi connectivity index (χ1n) is 11.1. The maximum absolute atomic E-state index is 15.3. The number of aryl methyl sites for hydroxylation is 1. The van der Waals surface area contributed by atoms with Gasteiger partial charge < -0.3 is 5.32 Å². The van der Waals surface area contributed by atoms with E-state index in [9.17, 15) is 4.79 Å². The lowest BCUT2D eigenvalue weighted by Crippen LogP contribution is -2.24. The Balaban J connectivity index is 1.43. The van der Waals surface area contributed by atoms with Crippen molar-refractivity contribution in [2.45, 2.75) is 32.9 Å². The minimum atomic E-state index is -1.07. The number of nitrogens with zero attached hydrogens (tertiary/aromatic N) is 8. The van der Waals surface area contributed by atoms with Crippen molar-refractivity contribution in [3.8, 4) is 22.5 Å². The third-order valence-corrected chi connectivity index (χ3v) is 5.66. The van der Waals surface area contributed by atoms with E-state index in [-0.39, 0.29) is 34.6 Å². The maximum Gasteiger partial charge on any atom is 0.273 e. The zero-order chi connectivity index (χ0) is 25.6. The van der Waals surface area contributed by atoms with Gasteiger partial charge in [0, 0.05) is 36.5 Å². The highest BCUT2D eigenvalue weighted by molar-refractivity contribution is 5.91. The highest BCUT2D eigenvalue weighted by Crippen LogP contribution is 2.30. The van der Waals surface area contributed by atoms with Crippen molar-refractivity contribution < 1.29 is 13.6 Å². The number of carbonyl (C=O) groups excluding carboxylic acids is 1. The summed E-state index contributed by atoms with van der Waals surface area (Å²) in [5.74, 6) is -2.68. The molecule has 0 saturated carbocycles. The monoisotopic (exact) mass is 491 g/mol. The quantitative estimate of drug-likeness (QED) is 0.404. The number of hydrogen-bond acceptors (Lipinski definition) is 6. The number of amides is 1. The molecule has 0 unspecified atom stereocenters. The molecule has 1 aromatic carbocycles. The summed E-state index contributed by atoms with van der Waals surface area (Å²) in [6, 6.07) is 4.54. The van der Waals surface area contributed by atoms with Crippen LogP contribution in [0.15, 0.2) is 49.2 Å². The molecule has 0 bridgehead atoms. The zero-order valence-corrected chi connectivity index (χ0v) is 20.1. The minimum absolute atomic E-state index is 0.0132. The largest absolute Gasteiger partial charge is 0.346 e. The minimum Gasteiger partial charge on any atom is -0.346 e. The average molecular weight is 492 g/mol. The highest BCUT2D eigenvalue weighted by Gasteiger charge is 2.21. The lowest BCUT2D eigenvalue weighted by atomic mass is 10.1. The van der Waals surface area contributed by atoms with Gasteiger partial charge >= 0.3 is 0 Å². The predicted molar refractivity (Wildman–Crippen MR) is 127 cm³/mol. The van der Waals surface area contributed by atoms with E-state index in [1.165, 1.54) is 18.3 Å². The van der Waals surface area contributed by atoms with Gasteiger partial charge in [0.2, 0.25) is 0 Å². The van der Waals surface area contributed by atoms with Gasteiger partial charge in [-0.1, -0.05) is 11.3 Å². The number of fused-ring (bicyclic) bond motifs is 1. The van der Waals surface area contributed by atoms with Crippen LogP contribution in [0.1, 0.15) is 36.8 Å². The molecule has 12 heteroatoms. The molecule has 0 atom stereocenters. The molecular formula is C24H23F2N9O. The molecule has 0 aliphatic rings. The molecule has 0 saturated heterocycles. The molecule has 36 heavy (non-hydrogen) atoms. The third-order valence-electron chi connectivity index (χ3n) is 5.66. The van der Waals surface area contributed by atoms with Crippen LogP contribution < -0.4 is 5.32 Å². The summed E-state index contributed by atoms with van der Waals surface area (Å²) in [6.45, 7) is 5.53. The van der Waals surface area contributed by atoms with E-state index in [2.05, 4.69) is 30.8 Å². The summed E-state index contributed by atoms with van der Waals surface area (Å²) in [6.07, 6.45) is 8.16. The van der Waals surface area contributed by atoms with Crippen molar-refractivity contribution in [3.05, 3.63) is 72.1 Å². The fraction of sp³-hybridized carbons (Fsp3) is 0.250. The van der Waals surface area contributed by atoms with E-state index in [1.54, 1.807) is 51.8 Å². The van der Waals surface area contributed by atoms with Gasteiger partial charge in [0.25, 0.3) is 5.91 Å². The van der Waals surface area contributed by atoms with Gasteiger partial charge in [0.15, 0.2) is 17.3 Å². The molecule has 0 aliphatic carbocycles. The summed E-state index contributed by atoms with van der Waals surface area (Å²) in [5.41, 5.74) is 1.67. The van der Waals surface area contributed by atoms with Crippen molar-refractivity contribution >= 4 is 11.4 Å². The van der Waals surface area contributed by atoms with Crippen molar-refractivity contribution in [2.75, 3.05) is 0 Å². The maximum atomic E-state index is 15.3. The summed E-state index contributed by atoms with van der Waals surface area (Å²) in [5, 5.41) is 18.7. The van der Waals surface area contributed by atoms with Crippen molar-refractivity contribution in [1.29, 1.82) is 0 Å².